The molecule has 0 aliphatic heterocycles. The molecule has 0 aliphatic carbocycles. The van der Waals surface area contributed by atoms with Crippen LogP contribution in [0.25, 0.3) is 22.2 Å². The Morgan fingerprint density at radius 2 is 1.97 bits per heavy atom. The van der Waals surface area contributed by atoms with Gasteiger partial charge in [-0.25, -0.2) is 9.37 Å². The van der Waals surface area contributed by atoms with Crippen LogP contribution in [0.3, 0.4) is 0 Å². The zero-order valence-corrected chi connectivity index (χ0v) is 20.0. The SMILES string of the molecule is COCCn1c(SCC(=O)Nc2ccc(C)c(F)c2)nc2c(-c3ccccc3)cn(C)c2c1=O. The van der Waals surface area contributed by atoms with E-state index in [9.17, 15) is 14.0 Å². The summed E-state index contributed by atoms with van der Waals surface area (Å²) < 4.78 is 22.3. The number of carbonyl (C=O) groups excluding carboxylic acids is 1. The fourth-order valence-electron chi connectivity index (χ4n) is 3.67. The Balaban J connectivity index is 1.67. The summed E-state index contributed by atoms with van der Waals surface area (Å²) in [7, 11) is 3.38. The van der Waals surface area contributed by atoms with Crippen LogP contribution >= 0.6 is 11.8 Å². The highest BCUT2D eigenvalue weighted by atomic mass is 32.2. The number of carbonyl (C=O) groups is 1. The largest absolute Gasteiger partial charge is 0.383 e. The van der Waals surface area contributed by atoms with E-state index < -0.39 is 0 Å². The van der Waals surface area contributed by atoms with Gasteiger partial charge in [0.15, 0.2) is 5.16 Å². The molecule has 9 heteroatoms. The smallest absolute Gasteiger partial charge is 0.278 e. The quantitative estimate of drug-likeness (QED) is 0.302. The third-order valence-electron chi connectivity index (χ3n) is 5.43. The summed E-state index contributed by atoms with van der Waals surface area (Å²) in [6.07, 6.45) is 1.89. The first-order valence-corrected chi connectivity index (χ1v) is 11.7. The Kier molecular flexibility index (Phi) is 7.14. The lowest BCUT2D eigenvalue weighted by Crippen LogP contribution is -2.27. The molecule has 34 heavy (non-hydrogen) atoms. The number of nitrogens with zero attached hydrogens (tertiary/aromatic N) is 3. The van der Waals surface area contributed by atoms with Gasteiger partial charge in [0.1, 0.15) is 16.9 Å². The average Bonchev–Trinajstić information content (AvgIpc) is 3.16. The van der Waals surface area contributed by atoms with E-state index in [2.05, 4.69) is 5.32 Å². The van der Waals surface area contributed by atoms with Crippen molar-refractivity contribution in [2.45, 2.75) is 18.6 Å². The lowest BCUT2D eigenvalue weighted by atomic mass is 10.1. The number of nitrogens with one attached hydrogen (secondary N) is 1. The Morgan fingerprint density at radius 1 is 1.21 bits per heavy atom. The first kappa shape index (κ1) is 23.7. The number of anilines is 1. The molecule has 0 radical (unpaired) electrons. The fraction of sp³-hybridized carbons (Fsp3) is 0.240. The van der Waals surface area contributed by atoms with Gasteiger partial charge in [0.25, 0.3) is 5.56 Å². The molecule has 2 heterocycles. The number of thioether (sulfide) groups is 1. The van der Waals surface area contributed by atoms with Crippen molar-refractivity contribution in [2.75, 3.05) is 24.8 Å². The second-order valence-corrected chi connectivity index (χ2v) is 8.80. The van der Waals surface area contributed by atoms with Crippen LogP contribution in [0.15, 0.2) is 64.7 Å². The number of hydrogen-bond donors (Lipinski definition) is 1. The highest BCUT2D eigenvalue weighted by molar-refractivity contribution is 7.99. The van der Waals surface area contributed by atoms with Gasteiger partial charge in [-0.1, -0.05) is 48.2 Å². The molecular weight excluding hydrogens is 455 g/mol. The molecule has 0 fully saturated rings. The third kappa shape index (κ3) is 4.90. The number of rotatable bonds is 8. The molecule has 0 saturated carbocycles. The normalized spacial score (nSPS) is 11.2. The summed E-state index contributed by atoms with van der Waals surface area (Å²) in [5.74, 6) is -0.700. The summed E-state index contributed by atoms with van der Waals surface area (Å²) in [4.78, 5) is 30.8. The lowest BCUT2D eigenvalue weighted by molar-refractivity contribution is -0.113. The van der Waals surface area contributed by atoms with Gasteiger partial charge in [-0.05, 0) is 30.2 Å². The number of aryl methyl sites for hydroxylation is 2. The first-order valence-electron chi connectivity index (χ1n) is 10.7. The number of ether oxygens (including phenoxy) is 1. The van der Waals surface area contributed by atoms with Crippen molar-refractivity contribution in [1.82, 2.24) is 14.1 Å². The predicted molar refractivity (Wildman–Crippen MR) is 133 cm³/mol. The molecule has 176 valence electrons. The van der Waals surface area contributed by atoms with Gasteiger partial charge in [-0.2, -0.15) is 0 Å². The second kappa shape index (κ2) is 10.2. The lowest BCUT2D eigenvalue weighted by Gasteiger charge is -2.13. The third-order valence-corrected chi connectivity index (χ3v) is 6.41. The second-order valence-electron chi connectivity index (χ2n) is 7.86. The van der Waals surface area contributed by atoms with Crippen molar-refractivity contribution < 1.29 is 13.9 Å². The average molecular weight is 481 g/mol. The number of methoxy groups -OCH3 is 1. The van der Waals surface area contributed by atoms with E-state index >= 15 is 0 Å². The molecule has 0 unspecified atom stereocenters. The number of hydrogen-bond acceptors (Lipinski definition) is 5. The molecule has 4 rings (SSSR count). The Bertz CT molecular complexity index is 1400. The van der Waals surface area contributed by atoms with E-state index in [1.54, 1.807) is 30.7 Å². The van der Waals surface area contributed by atoms with Crippen molar-refractivity contribution in [3.8, 4) is 11.1 Å². The highest BCUT2D eigenvalue weighted by Gasteiger charge is 2.19. The predicted octanol–water partition coefficient (Wildman–Crippen LogP) is 4.23. The summed E-state index contributed by atoms with van der Waals surface area (Å²) in [5.41, 5.74) is 3.54. The molecule has 0 atom stereocenters. The molecule has 7 nitrogen and oxygen atoms in total. The molecule has 4 aromatic rings. The number of amides is 1. The van der Waals surface area contributed by atoms with Gasteiger partial charge >= 0.3 is 0 Å². The van der Waals surface area contributed by atoms with Crippen LogP contribution in [0.1, 0.15) is 5.56 Å². The zero-order chi connectivity index (χ0) is 24.2. The van der Waals surface area contributed by atoms with Crippen LogP contribution in [0.4, 0.5) is 10.1 Å². The maximum atomic E-state index is 13.8. The van der Waals surface area contributed by atoms with Crippen LogP contribution in [0, 0.1) is 12.7 Å². The molecule has 0 saturated heterocycles. The highest BCUT2D eigenvalue weighted by Crippen LogP contribution is 2.29. The van der Waals surface area contributed by atoms with Gasteiger partial charge in [0, 0.05) is 31.6 Å². The van der Waals surface area contributed by atoms with Crippen molar-refractivity contribution in [3.63, 3.8) is 0 Å². The van der Waals surface area contributed by atoms with E-state index in [1.807, 2.05) is 43.6 Å². The van der Waals surface area contributed by atoms with Crippen LogP contribution < -0.4 is 10.9 Å². The molecule has 1 amide bonds. The minimum atomic E-state index is -0.386. The van der Waals surface area contributed by atoms with Gasteiger partial charge in [0.2, 0.25) is 5.91 Å². The van der Waals surface area contributed by atoms with Gasteiger partial charge in [0.05, 0.1) is 18.9 Å². The van der Waals surface area contributed by atoms with Crippen LogP contribution in [-0.2, 0) is 23.1 Å². The molecule has 0 bridgehead atoms. The van der Waals surface area contributed by atoms with Crippen molar-refractivity contribution in [3.05, 3.63) is 76.5 Å². The summed E-state index contributed by atoms with van der Waals surface area (Å²) in [5, 5.41) is 3.11. The van der Waals surface area contributed by atoms with Gasteiger partial charge in [-0.3, -0.25) is 14.2 Å². The number of aromatic nitrogens is 3. The number of benzene rings is 2. The van der Waals surface area contributed by atoms with E-state index in [4.69, 9.17) is 9.72 Å². The Hall–Kier alpha value is -3.43. The minimum Gasteiger partial charge on any atom is -0.383 e. The molecular formula is C25H25FN4O3S. The van der Waals surface area contributed by atoms with E-state index in [0.29, 0.717) is 40.6 Å². The van der Waals surface area contributed by atoms with E-state index in [-0.39, 0.29) is 23.0 Å². The summed E-state index contributed by atoms with van der Waals surface area (Å²) in [6, 6.07) is 14.3. The molecule has 1 N–H and O–H groups in total. The monoisotopic (exact) mass is 480 g/mol. The van der Waals surface area contributed by atoms with Crippen molar-refractivity contribution in [2.24, 2.45) is 7.05 Å². The Labute approximate surface area is 200 Å². The molecule has 2 aromatic heterocycles. The van der Waals surface area contributed by atoms with Gasteiger partial charge in [-0.15, -0.1) is 0 Å². The van der Waals surface area contributed by atoms with Crippen molar-refractivity contribution >= 4 is 34.4 Å². The number of halogens is 1. The van der Waals surface area contributed by atoms with Crippen LogP contribution in [0.2, 0.25) is 0 Å². The first-order chi connectivity index (χ1) is 16.4. The van der Waals surface area contributed by atoms with Crippen LogP contribution in [0.5, 0.6) is 0 Å². The summed E-state index contributed by atoms with van der Waals surface area (Å²) >= 11 is 1.16. The maximum absolute atomic E-state index is 13.8. The molecule has 0 spiro atoms. The summed E-state index contributed by atoms with van der Waals surface area (Å²) in [6.45, 7) is 2.29. The number of fused-ring (bicyclic) bond motifs is 1. The van der Waals surface area contributed by atoms with Crippen molar-refractivity contribution in [1.29, 1.82) is 0 Å². The van der Waals surface area contributed by atoms with Gasteiger partial charge < -0.3 is 14.6 Å². The standard InChI is InChI=1S/C25H25FN4O3S/c1-16-9-10-18(13-20(16)26)27-21(31)15-34-25-28-22-19(17-7-5-4-6-8-17)14-29(2)23(22)24(32)30(25)11-12-33-3/h4-10,13-14H,11-12,15H2,1-3H3,(H,27,31). The molecule has 0 aliphatic rings. The van der Waals surface area contributed by atoms with E-state index in [1.165, 1.54) is 10.6 Å². The Morgan fingerprint density at radius 3 is 2.68 bits per heavy atom. The fourth-order valence-corrected chi connectivity index (χ4v) is 4.48. The maximum Gasteiger partial charge on any atom is 0.278 e. The molecule has 2 aromatic carbocycles. The minimum absolute atomic E-state index is 0.00787. The van der Waals surface area contributed by atoms with Crippen LogP contribution in [-0.4, -0.2) is 39.5 Å². The van der Waals surface area contributed by atoms with E-state index in [0.717, 1.165) is 22.9 Å². The topological polar surface area (TPSA) is 78.2 Å². The zero-order valence-electron chi connectivity index (χ0n) is 19.2.